The third-order valence-electron chi connectivity index (χ3n) is 4.72. The summed E-state index contributed by atoms with van der Waals surface area (Å²) in [5.41, 5.74) is 1.02. The van der Waals surface area contributed by atoms with Crippen molar-refractivity contribution < 1.29 is 9.59 Å². The van der Waals surface area contributed by atoms with E-state index in [9.17, 15) is 9.59 Å². The molecular weight excluding hydrogens is 336 g/mol. The number of carbonyl (C=O) groups is 2. The van der Waals surface area contributed by atoms with Gasteiger partial charge >= 0.3 is 6.03 Å². The number of para-hydroxylation sites is 1. The molecule has 0 bridgehead atoms. The molecule has 132 valence electrons. The highest BCUT2D eigenvalue weighted by molar-refractivity contribution is 7.18. The molecule has 2 N–H and O–H groups in total. The fourth-order valence-corrected chi connectivity index (χ4v) is 4.43. The lowest BCUT2D eigenvalue weighted by Gasteiger charge is -2.33. The number of rotatable bonds is 4. The van der Waals surface area contributed by atoms with E-state index in [-0.39, 0.29) is 30.6 Å². The zero-order valence-electron chi connectivity index (χ0n) is 14.0. The van der Waals surface area contributed by atoms with Crippen molar-refractivity contribution in [3.63, 3.8) is 0 Å². The number of likely N-dealkylation sites (tertiary alicyclic amines) is 1. The van der Waals surface area contributed by atoms with Gasteiger partial charge in [-0.1, -0.05) is 18.6 Å². The highest BCUT2D eigenvalue weighted by Gasteiger charge is 2.29. The first-order chi connectivity index (χ1) is 12.2. The lowest BCUT2D eigenvalue weighted by Crippen LogP contribution is -2.46. The molecule has 1 aliphatic heterocycles. The zero-order valence-corrected chi connectivity index (χ0v) is 14.8. The zero-order chi connectivity index (χ0) is 17.2. The summed E-state index contributed by atoms with van der Waals surface area (Å²) in [6.07, 6.45) is 5.23. The maximum Gasteiger partial charge on any atom is 0.321 e. The lowest BCUT2D eigenvalue weighted by molar-refractivity contribution is -0.122. The minimum absolute atomic E-state index is 0.156. The minimum Gasteiger partial charge on any atom is -0.335 e. The number of amides is 3. The normalized spacial score (nSPS) is 21.2. The van der Waals surface area contributed by atoms with E-state index >= 15 is 0 Å². The maximum atomic E-state index is 12.2. The van der Waals surface area contributed by atoms with Crippen LogP contribution in [0.2, 0.25) is 0 Å². The van der Waals surface area contributed by atoms with E-state index in [1.54, 1.807) is 11.3 Å². The van der Waals surface area contributed by atoms with Crippen LogP contribution in [0.25, 0.3) is 10.2 Å². The molecule has 0 unspecified atom stereocenters. The Morgan fingerprint density at radius 3 is 2.84 bits per heavy atom. The Bertz CT molecular complexity index is 753. The second-order valence-electron chi connectivity index (χ2n) is 6.80. The molecule has 7 heteroatoms. The van der Waals surface area contributed by atoms with E-state index in [2.05, 4.69) is 21.6 Å². The Kier molecular flexibility index (Phi) is 4.67. The quantitative estimate of drug-likeness (QED) is 0.881. The summed E-state index contributed by atoms with van der Waals surface area (Å²) in [5.74, 6) is -0.244. The summed E-state index contributed by atoms with van der Waals surface area (Å²) in [4.78, 5) is 30.9. The molecule has 1 aromatic heterocycles. The molecule has 0 spiro atoms. The Balaban J connectivity index is 1.43. The van der Waals surface area contributed by atoms with Crippen LogP contribution in [0, 0.1) is 0 Å². The number of imide groups is 1. The van der Waals surface area contributed by atoms with Gasteiger partial charge in [0.05, 0.1) is 22.8 Å². The predicted molar refractivity (Wildman–Crippen MR) is 97.5 cm³/mol. The van der Waals surface area contributed by atoms with Crippen LogP contribution in [-0.2, 0) is 4.79 Å². The first-order valence-electron chi connectivity index (χ1n) is 8.89. The smallest absolute Gasteiger partial charge is 0.321 e. The van der Waals surface area contributed by atoms with Crippen LogP contribution in [0.1, 0.15) is 43.2 Å². The highest BCUT2D eigenvalue weighted by Crippen LogP contribution is 2.35. The second-order valence-corrected chi connectivity index (χ2v) is 7.86. The lowest BCUT2D eigenvalue weighted by atomic mass is 10.0. The Morgan fingerprint density at radius 1 is 1.20 bits per heavy atom. The van der Waals surface area contributed by atoms with Gasteiger partial charge in [-0.05, 0) is 44.4 Å². The number of thiazole rings is 1. The number of aromatic nitrogens is 1. The standard InChI is InChI=1S/C18H22N4O2S/c23-16(21-18(24)19-12-8-9-12)11-22-10-4-3-6-14(22)17-20-13-5-1-2-7-15(13)25-17/h1-2,5,7,12,14H,3-4,6,8-11H2,(H2,19,21,23,24)/t14-/m1/s1. The van der Waals surface area contributed by atoms with Crippen molar-refractivity contribution in [1.82, 2.24) is 20.5 Å². The molecule has 2 fully saturated rings. The van der Waals surface area contributed by atoms with Crippen LogP contribution in [0.3, 0.4) is 0 Å². The number of fused-ring (bicyclic) bond motifs is 1. The van der Waals surface area contributed by atoms with E-state index in [1.165, 1.54) is 4.70 Å². The monoisotopic (exact) mass is 358 g/mol. The van der Waals surface area contributed by atoms with Gasteiger partial charge in [-0.2, -0.15) is 0 Å². The number of piperidine rings is 1. The first-order valence-corrected chi connectivity index (χ1v) is 9.70. The van der Waals surface area contributed by atoms with Crippen LogP contribution >= 0.6 is 11.3 Å². The molecular formula is C18H22N4O2S. The first kappa shape index (κ1) is 16.5. The molecule has 1 saturated heterocycles. The largest absolute Gasteiger partial charge is 0.335 e. The number of nitrogens with one attached hydrogen (secondary N) is 2. The van der Waals surface area contributed by atoms with Crippen LogP contribution in [0.5, 0.6) is 0 Å². The molecule has 4 rings (SSSR count). The summed E-state index contributed by atoms with van der Waals surface area (Å²) in [5, 5.41) is 6.30. The van der Waals surface area contributed by atoms with E-state index in [1.807, 2.05) is 18.2 Å². The predicted octanol–water partition coefficient (Wildman–Crippen LogP) is 2.81. The second kappa shape index (κ2) is 7.09. The van der Waals surface area contributed by atoms with Gasteiger partial charge in [0.15, 0.2) is 0 Å². The maximum absolute atomic E-state index is 12.2. The number of carbonyl (C=O) groups excluding carboxylic acids is 2. The Hall–Kier alpha value is -1.99. The van der Waals surface area contributed by atoms with E-state index in [4.69, 9.17) is 4.98 Å². The van der Waals surface area contributed by atoms with Crippen LogP contribution < -0.4 is 10.6 Å². The minimum atomic E-state index is -0.374. The van der Waals surface area contributed by atoms with Gasteiger partial charge in [0.1, 0.15) is 5.01 Å². The molecule has 6 nitrogen and oxygen atoms in total. The molecule has 2 aliphatic rings. The van der Waals surface area contributed by atoms with Crippen molar-refractivity contribution >= 4 is 33.5 Å². The van der Waals surface area contributed by atoms with Crippen molar-refractivity contribution in [2.45, 2.75) is 44.2 Å². The highest BCUT2D eigenvalue weighted by atomic mass is 32.1. The summed E-state index contributed by atoms with van der Waals surface area (Å²) in [6, 6.07) is 8.16. The molecule has 3 amide bonds. The molecule has 1 saturated carbocycles. The Morgan fingerprint density at radius 2 is 2.04 bits per heavy atom. The van der Waals surface area contributed by atoms with Gasteiger partial charge in [0.2, 0.25) is 5.91 Å². The van der Waals surface area contributed by atoms with Gasteiger partial charge in [0, 0.05) is 6.04 Å². The van der Waals surface area contributed by atoms with Crippen LogP contribution in [0.15, 0.2) is 24.3 Å². The molecule has 1 atom stereocenters. The molecule has 25 heavy (non-hydrogen) atoms. The summed E-state index contributed by atoms with van der Waals surface area (Å²) >= 11 is 1.70. The third kappa shape index (κ3) is 3.99. The van der Waals surface area contributed by atoms with E-state index in [0.29, 0.717) is 0 Å². The van der Waals surface area contributed by atoms with Gasteiger partial charge < -0.3 is 5.32 Å². The molecule has 2 aromatic rings. The number of nitrogens with zero attached hydrogens (tertiary/aromatic N) is 2. The average Bonchev–Trinajstić information content (AvgIpc) is 3.29. The Labute approximate surface area is 150 Å². The van der Waals surface area contributed by atoms with Crippen LogP contribution in [0.4, 0.5) is 4.79 Å². The number of hydrogen-bond acceptors (Lipinski definition) is 5. The van der Waals surface area contributed by atoms with Crippen molar-refractivity contribution in [1.29, 1.82) is 0 Å². The molecule has 2 heterocycles. The van der Waals surface area contributed by atoms with Gasteiger partial charge in [-0.3, -0.25) is 15.0 Å². The van der Waals surface area contributed by atoms with Crippen molar-refractivity contribution in [3.05, 3.63) is 29.3 Å². The van der Waals surface area contributed by atoms with E-state index in [0.717, 1.165) is 49.2 Å². The summed E-state index contributed by atoms with van der Waals surface area (Å²) in [7, 11) is 0. The third-order valence-corrected chi connectivity index (χ3v) is 5.86. The number of hydrogen-bond donors (Lipinski definition) is 2. The van der Waals surface area contributed by atoms with Crippen molar-refractivity contribution in [2.24, 2.45) is 0 Å². The van der Waals surface area contributed by atoms with E-state index < -0.39 is 0 Å². The number of urea groups is 1. The van der Waals surface area contributed by atoms with Crippen molar-refractivity contribution in [3.8, 4) is 0 Å². The average molecular weight is 358 g/mol. The van der Waals surface area contributed by atoms with Crippen LogP contribution in [-0.4, -0.2) is 41.0 Å². The fourth-order valence-electron chi connectivity index (χ4n) is 3.29. The summed E-state index contributed by atoms with van der Waals surface area (Å²) in [6.45, 7) is 1.09. The molecule has 0 radical (unpaired) electrons. The SMILES string of the molecule is O=C(CN1CCCC[C@@H]1c1nc2ccccc2s1)NC(=O)NC1CC1. The fraction of sp³-hybridized carbons (Fsp3) is 0.500. The van der Waals surface area contributed by atoms with Gasteiger partial charge in [0.25, 0.3) is 0 Å². The topological polar surface area (TPSA) is 74.3 Å². The van der Waals surface area contributed by atoms with Gasteiger partial charge in [-0.25, -0.2) is 9.78 Å². The molecule has 1 aliphatic carbocycles. The summed E-state index contributed by atoms with van der Waals surface area (Å²) < 4.78 is 1.18. The molecule has 1 aromatic carbocycles. The number of benzene rings is 1. The van der Waals surface area contributed by atoms with Gasteiger partial charge in [-0.15, -0.1) is 11.3 Å². The van der Waals surface area contributed by atoms with Crippen molar-refractivity contribution in [2.75, 3.05) is 13.1 Å².